The summed E-state index contributed by atoms with van der Waals surface area (Å²) in [5.74, 6) is 1.41. The molecule has 0 saturated carbocycles. The summed E-state index contributed by atoms with van der Waals surface area (Å²) in [7, 11) is 6.34. The molecular formula is C63H86F4N16O2. The Balaban J connectivity index is 0.000000235. The van der Waals surface area contributed by atoms with Crippen molar-refractivity contribution in [2.24, 2.45) is 0 Å². The van der Waals surface area contributed by atoms with Gasteiger partial charge in [0.1, 0.15) is 0 Å². The molecule has 8 aromatic rings. The van der Waals surface area contributed by atoms with Gasteiger partial charge in [0.2, 0.25) is 35.7 Å². The number of benzene rings is 4. The van der Waals surface area contributed by atoms with Crippen molar-refractivity contribution in [1.29, 1.82) is 0 Å². The molecule has 18 nitrogen and oxygen atoms in total. The maximum absolute atomic E-state index is 14.2. The number of aromatic nitrogens is 10. The number of fused-ring (bicyclic) bond motifs is 2. The molecule has 3 aliphatic heterocycles. The molecule has 3 aliphatic rings. The van der Waals surface area contributed by atoms with Gasteiger partial charge >= 0.3 is 0 Å². The number of morpholine rings is 2. The standard InChI is InChI=1S/C30H36F2N8O.C30H38F2N8O.3CH4/c1-30(2,18-20-8-4-5-9-22(20)21-12-13-38(3)19-21)37-27-34-28(39-14-16-41-17-15-39)36-29(35-27)40-24-11-7-6-10-23(24)33-26(40)25(31)32;1-30(2,20-22-11-6-5-10-21(22)12-9-15-38(3)4)37-27-34-28(39-16-18-41-19-17-39)36-29(35-27)40-24-14-8-7-13-23(24)33-26(40)25(31)32;;;/h4-11,21,25H,12-19H2,1-3H3,(H,34,35,36,37);5-8,10-11,13-14,25H,9,12,15-20H2,1-4H3,(H,34,35,36,37);3*1H4. The van der Waals surface area contributed by atoms with Crippen LogP contribution in [0.25, 0.3) is 34.0 Å². The molecule has 1 atom stereocenters. The molecule has 4 aromatic heterocycles. The van der Waals surface area contributed by atoms with E-state index in [1.54, 1.807) is 48.5 Å². The van der Waals surface area contributed by atoms with Crippen LogP contribution in [0.2, 0.25) is 0 Å². The van der Waals surface area contributed by atoms with Crippen LogP contribution in [0.15, 0.2) is 97.1 Å². The minimum Gasteiger partial charge on any atom is -0.378 e. The fourth-order valence-corrected chi connectivity index (χ4v) is 11.1. The zero-order valence-corrected chi connectivity index (χ0v) is 47.9. The minimum atomic E-state index is -2.80. The number of anilines is 4. The van der Waals surface area contributed by atoms with Crippen LogP contribution in [0.3, 0.4) is 0 Å². The first kappa shape index (κ1) is 65.1. The summed E-state index contributed by atoms with van der Waals surface area (Å²) < 4.78 is 70.5. The van der Waals surface area contributed by atoms with E-state index in [2.05, 4.69) is 143 Å². The summed E-state index contributed by atoms with van der Waals surface area (Å²) in [6, 6.07) is 31.2. The third-order valence-electron chi connectivity index (χ3n) is 15.0. The van der Waals surface area contributed by atoms with Gasteiger partial charge in [-0.3, -0.25) is 9.13 Å². The second-order valence-electron chi connectivity index (χ2n) is 22.9. The normalized spacial score (nSPS) is 15.9. The van der Waals surface area contributed by atoms with E-state index < -0.39 is 35.6 Å². The quantitative estimate of drug-likeness (QED) is 0.0733. The predicted octanol–water partition coefficient (Wildman–Crippen LogP) is 11.7. The number of aryl methyl sites for hydroxylation is 1. The molecule has 1 unspecified atom stereocenters. The molecule has 2 N–H and O–H groups in total. The Morgan fingerprint density at radius 3 is 1.42 bits per heavy atom. The Bertz CT molecular complexity index is 3430. The first-order valence-corrected chi connectivity index (χ1v) is 28.2. The van der Waals surface area contributed by atoms with Crippen LogP contribution in [-0.4, -0.2) is 163 Å². The van der Waals surface area contributed by atoms with Crippen LogP contribution in [0.5, 0.6) is 0 Å². The molecule has 0 radical (unpaired) electrons. The van der Waals surface area contributed by atoms with Crippen LogP contribution in [0.1, 0.15) is 115 Å². The molecule has 85 heavy (non-hydrogen) atoms. The molecular weight excluding hydrogens is 1090 g/mol. The Labute approximate surface area is 498 Å². The number of ether oxygens (including phenoxy) is 2. The number of para-hydroxylation sites is 4. The van der Waals surface area contributed by atoms with Gasteiger partial charge in [-0.1, -0.05) is 95.1 Å². The molecule has 7 heterocycles. The van der Waals surface area contributed by atoms with Gasteiger partial charge in [0.25, 0.3) is 12.9 Å². The average Bonchev–Trinajstić information content (AvgIpc) is 2.68. The summed E-state index contributed by atoms with van der Waals surface area (Å²) in [6.07, 6.45) is -0.919. The van der Waals surface area contributed by atoms with Crippen molar-refractivity contribution in [3.05, 3.63) is 131 Å². The Morgan fingerprint density at radius 1 is 0.541 bits per heavy atom. The van der Waals surface area contributed by atoms with Crippen molar-refractivity contribution in [2.45, 2.75) is 112 Å². The zero-order chi connectivity index (χ0) is 57.5. The van der Waals surface area contributed by atoms with E-state index in [4.69, 9.17) is 24.4 Å². The monoisotopic (exact) mass is 1170 g/mol. The summed E-state index contributed by atoms with van der Waals surface area (Å²) in [5.41, 5.74) is 6.30. The Kier molecular flexibility index (Phi) is 22.0. The van der Waals surface area contributed by atoms with Gasteiger partial charge in [-0.15, -0.1) is 0 Å². The van der Waals surface area contributed by atoms with Crippen molar-refractivity contribution >= 4 is 45.9 Å². The average molecular weight is 1180 g/mol. The number of imidazole rings is 2. The van der Waals surface area contributed by atoms with E-state index in [0.29, 0.717) is 104 Å². The fourth-order valence-electron chi connectivity index (χ4n) is 11.1. The van der Waals surface area contributed by atoms with Crippen molar-refractivity contribution in [2.75, 3.05) is 114 Å². The van der Waals surface area contributed by atoms with Gasteiger partial charge in [-0.25, -0.2) is 27.5 Å². The van der Waals surface area contributed by atoms with Gasteiger partial charge in [0.15, 0.2) is 11.6 Å². The lowest BCUT2D eigenvalue weighted by Gasteiger charge is -2.30. The van der Waals surface area contributed by atoms with Crippen molar-refractivity contribution in [1.82, 2.24) is 58.8 Å². The van der Waals surface area contributed by atoms with Crippen molar-refractivity contribution in [3.8, 4) is 11.9 Å². The lowest BCUT2D eigenvalue weighted by atomic mass is 9.86. The van der Waals surface area contributed by atoms with E-state index in [9.17, 15) is 17.6 Å². The highest BCUT2D eigenvalue weighted by Crippen LogP contribution is 2.34. The first-order chi connectivity index (χ1) is 39.5. The van der Waals surface area contributed by atoms with Gasteiger partial charge in [-0.2, -0.15) is 29.9 Å². The smallest absolute Gasteiger partial charge is 0.296 e. The molecule has 0 bridgehead atoms. The number of likely N-dealkylation sites (tertiary alicyclic amines) is 1. The molecule has 3 fully saturated rings. The van der Waals surface area contributed by atoms with Crippen LogP contribution in [0.4, 0.5) is 41.4 Å². The fraction of sp³-hybridized carbons (Fsp3) is 0.492. The van der Waals surface area contributed by atoms with Crippen LogP contribution >= 0.6 is 0 Å². The third kappa shape index (κ3) is 15.9. The van der Waals surface area contributed by atoms with Gasteiger partial charge < -0.3 is 39.7 Å². The maximum atomic E-state index is 14.2. The lowest BCUT2D eigenvalue weighted by molar-refractivity contribution is 0.122. The number of nitrogens with one attached hydrogen (secondary N) is 2. The summed E-state index contributed by atoms with van der Waals surface area (Å²) in [6.45, 7) is 16.1. The van der Waals surface area contributed by atoms with Crippen LogP contribution in [-0.2, 0) is 28.7 Å². The second kappa shape index (κ2) is 28.7. The Hall–Kier alpha value is -7.40. The molecule has 11 rings (SSSR count). The van der Waals surface area contributed by atoms with E-state index in [1.165, 1.54) is 31.4 Å². The lowest BCUT2D eigenvalue weighted by Crippen LogP contribution is -2.39. The maximum Gasteiger partial charge on any atom is 0.296 e. The summed E-state index contributed by atoms with van der Waals surface area (Å²) >= 11 is 0. The minimum absolute atomic E-state index is 0. The molecule has 22 heteroatoms. The number of rotatable bonds is 19. The number of likely N-dealkylation sites (N-methyl/N-ethyl adjacent to an activating group) is 1. The molecule has 458 valence electrons. The van der Waals surface area contributed by atoms with Crippen molar-refractivity contribution < 1.29 is 27.0 Å². The number of hydrogen-bond donors (Lipinski definition) is 2. The van der Waals surface area contributed by atoms with Gasteiger partial charge in [0, 0.05) is 43.8 Å². The van der Waals surface area contributed by atoms with Gasteiger partial charge in [-0.05, 0) is 146 Å². The molecule has 3 saturated heterocycles. The zero-order valence-electron chi connectivity index (χ0n) is 47.9. The largest absolute Gasteiger partial charge is 0.378 e. The second-order valence-corrected chi connectivity index (χ2v) is 22.9. The number of hydrogen-bond acceptors (Lipinski definition) is 16. The topological polar surface area (TPSA) is 168 Å². The number of halogens is 4. The SMILES string of the molecule is C.C.C.CN(C)CCCc1ccccc1CC(C)(C)Nc1nc(N2CCOCC2)nc(-n2c(C(F)F)nc3ccccc32)n1.CN1CCC(c2ccccc2CC(C)(C)Nc2nc(N3CCOCC3)nc(-n3c(C(F)F)nc4ccccc43)n2)C1. The van der Waals surface area contributed by atoms with E-state index in [-0.39, 0.29) is 34.2 Å². The Morgan fingerprint density at radius 2 is 0.965 bits per heavy atom. The predicted molar refractivity (Wildman–Crippen MR) is 333 cm³/mol. The van der Waals surface area contributed by atoms with E-state index in [1.807, 2.05) is 9.80 Å². The number of nitrogens with zero attached hydrogens (tertiary/aromatic N) is 14. The first-order valence-electron chi connectivity index (χ1n) is 28.2. The highest BCUT2D eigenvalue weighted by Gasteiger charge is 2.31. The van der Waals surface area contributed by atoms with Crippen molar-refractivity contribution in [3.63, 3.8) is 0 Å². The molecule has 0 aliphatic carbocycles. The summed E-state index contributed by atoms with van der Waals surface area (Å²) in [5, 5.41) is 7.02. The highest BCUT2D eigenvalue weighted by atomic mass is 19.3. The molecule has 0 spiro atoms. The third-order valence-corrected chi connectivity index (χ3v) is 15.0. The van der Waals surface area contributed by atoms with E-state index >= 15 is 0 Å². The molecule has 0 amide bonds. The van der Waals surface area contributed by atoms with Gasteiger partial charge in [0.05, 0.1) is 48.5 Å². The van der Waals surface area contributed by atoms with Crippen LogP contribution in [0, 0.1) is 0 Å². The summed E-state index contributed by atoms with van der Waals surface area (Å²) in [4.78, 5) is 45.2. The molecule has 4 aromatic carbocycles. The van der Waals surface area contributed by atoms with Crippen LogP contribution < -0.4 is 20.4 Å². The van der Waals surface area contributed by atoms with E-state index in [0.717, 1.165) is 51.7 Å². The number of alkyl halides is 4. The highest BCUT2D eigenvalue weighted by molar-refractivity contribution is 5.78.